The molecule has 0 saturated carbocycles. The summed E-state index contributed by atoms with van der Waals surface area (Å²) in [6, 6.07) is 17.9. The summed E-state index contributed by atoms with van der Waals surface area (Å²) in [6.07, 6.45) is 2.11. The van der Waals surface area contributed by atoms with Gasteiger partial charge in [-0.15, -0.1) is 12.4 Å². The number of para-hydroxylation sites is 1. The van der Waals surface area contributed by atoms with Gasteiger partial charge in [-0.05, 0) is 36.2 Å². The number of hydrogen-bond donors (Lipinski definition) is 1. The standard InChI is InChI=1S/C16H19NO.ClH/c1-2-6-16(17)13-9-11-15(12-10-13)18-14-7-4-3-5-8-14;/h3-5,7-12,16H,2,6,17H2,1H3;1H/t16-;/m0./s1. The maximum Gasteiger partial charge on any atom is 0.127 e. The van der Waals surface area contributed by atoms with Crippen molar-refractivity contribution >= 4 is 12.4 Å². The topological polar surface area (TPSA) is 35.2 Å². The average Bonchev–Trinajstić information content (AvgIpc) is 2.41. The summed E-state index contributed by atoms with van der Waals surface area (Å²) in [5.74, 6) is 1.69. The lowest BCUT2D eigenvalue weighted by Gasteiger charge is -2.11. The first-order chi connectivity index (χ1) is 8.79. The highest BCUT2D eigenvalue weighted by molar-refractivity contribution is 5.85. The molecule has 0 saturated heterocycles. The van der Waals surface area contributed by atoms with Crippen molar-refractivity contribution in [3.8, 4) is 11.5 Å². The molecule has 0 amide bonds. The highest BCUT2D eigenvalue weighted by Gasteiger charge is 2.04. The van der Waals surface area contributed by atoms with Crippen molar-refractivity contribution < 1.29 is 4.74 Å². The summed E-state index contributed by atoms with van der Waals surface area (Å²) >= 11 is 0. The number of ether oxygens (including phenoxy) is 1. The summed E-state index contributed by atoms with van der Waals surface area (Å²) in [4.78, 5) is 0. The van der Waals surface area contributed by atoms with Gasteiger partial charge in [0.2, 0.25) is 0 Å². The van der Waals surface area contributed by atoms with E-state index in [1.165, 1.54) is 0 Å². The Hall–Kier alpha value is -1.51. The fraction of sp³-hybridized carbons (Fsp3) is 0.250. The Kier molecular flexibility index (Phi) is 6.40. The largest absolute Gasteiger partial charge is 0.457 e. The van der Waals surface area contributed by atoms with Crippen LogP contribution in [0.5, 0.6) is 11.5 Å². The van der Waals surface area contributed by atoms with Crippen LogP contribution in [0.2, 0.25) is 0 Å². The minimum Gasteiger partial charge on any atom is -0.457 e. The summed E-state index contributed by atoms with van der Waals surface area (Å²) in [6.45, 7) is 2.15. The van der Waals surface area contributed by atoms with E-state index in [1.807, 2.05) is 54.6 Å². The number of benzene rings is 2. The van der Waals surface area contributed by atoms with Gasteiger partial charge in [0.15, 0.2) is 0 Å². The molecule has 0 bridgehead atoms. The highest BCUT2D eigenvalue weighted by atomic mass is 35.5. The first-order valence-corrected chi connectivity index (χ1v) is 6.38. The third kappa shape index (κ3) is 4.58. The average molecular weight is 278 g/mol. The van der Waals surface area contributed by atoms with E-state index in [0.717, 1.165) is 29.9 Å². The summed E-state index contributed by atoms with van der Waals surface area (Å²) < 4.78 is 5.73. The van der Waals surface area contributed by atoms with Gasteiger partial charge in [-0.2, -0.15) is 0 Å². The monoisotopic (exact) mass is 277 g/mol. The molecule has 0 aromatic heterocycles. The van der Waals surface area contributed by atoms with Gasteiger partial charge in [-0.25, -0.2) is 0 Å². The maximum absolute atomic E-state index is 6.07. The lowest BCUT2D eigenvalue weighted by molar-refractivity contribution is 0.482. The van der Waals surface area contributed by atoms with E-state index in [-0.39, 0.29) is 18.4 Å². The fourth-order valence-electron chi connectivity index (χ4n) is 1.89. The summed E-state index contributed by atoms with van der Waals surface area (Å²) in [5.41, 5.74) is 7.23. The first kappa shape index (κ1) is 15.5. The molecule has 0 fully saturated rings. The molecule has 1 atom stereocenters. The predicted molar refractivity (Wildman–Crippen MR) is 82.0 cm³/mol. The summed E-state index contributed by atoms with van der Waals surface area (Å²) in [7, 11) is 0. The van der Waals surface area contributed by atoms with Crippen LogP contribution in [0.4, 0.5) is 0 Å². The van der Waals surface area contributed by atoms with Crippen LogP contribution in [0.3, 0.4) is 0 Å². The molecule has 0 spiro atoms. The maximum atomic E-state index is 6.07. The molecule has 0 heterocycles. The Bertz CT molecular complexity index is 470. The van der Waals surface area contributed by atoms with Crippen molar-refractivity contribution in [2.45, 2.75) is 25.8 Å². The first-order valence-electron chi connectivity index (χ1n) is 6.38. The molecule has 3 heteroatoms. The van der Waals surface area contributed by atoms with Crippen LogP contribution in [0.25, 0.3) is 0 Å². The third-order valence-corrected chi connectivity index (χ3v) is 2.89. The van der Waals surface area contributed by atoms with Crippen LogP contribution in [0.15, 0.2) is 54.6 Å². The molecule has 0 aliphatic rings. The Morgan fingerprint density at radius 3 is 2.11 bits per heavy atom. The Morgan fingerprint density at radius 2 is 1.53 bits per heavy atom. The second kappa shape index (κ2) is 7.82. The lowest BCUT2D eigenvalue weighted by atomic mass is 10.0. The van der Waals surface area contributed by atoms with Gasteiger partial charge in [0.05, 0.1) is 0 Å². The van der Waals surface area contributed by atoms with E-state index in [2.05, 4.69) is 6.92 Å². The normalized spacial score (nSPS) is 11.5. The van der Waals surface area contributed by atoms with Gasteiger partial charge in [-0.3, -0.25) is 0 Å². The second-order valence-corrected chi connectivity index (χ2v) is 4.38. The van der Waals surface area contributed by atoms with E-state index in [0.29, 0.717) is 0 Å². The molecule has 2 N–H and O–H groups in total. The molecule has 0 unspecified atom stereocenters. The zero-order chi connectivity index (χ0) is 12.8. The van der Waals surface area contributed by atoms with Gasteiger partial charge < -0.3 is 10.5 Å². The van der Waals surface area contributed by atoms with Crippen LogP contribution in [-0.2, 0) is 0 Å². The SMILES string of the molecule is CCC[C@H](N)c1ccc(Oc2ccccc2)cc1.Cl. The molecule has 0 aliphatic heterocycles. The van der Waals surface area contributed by atoms with Gasteiger partial charge in [-0.1, -0.05) is 43.7 Å². The zero-order valence-electron chi connectivity index (χ0n) is 11.1. The van der Waals surface area contributed by atoms with Crippen LogP contribution in [0.1, 0.15) is 31.4 Å². The van der Waals surface area contributed by atoms with Gasteiger partial charge in [0, 0.05) is 6.04 Å². The van der Waals surface area contributed by atoms with E-state index in [4.69, 9.17) is 10.5 Å². The van der Waals surface area contributed by atoms with E-state index < -0.39 is 0 Å². The van der Waals surface area contributed by atoms with Crippen molar-refractivity contribution in [2.75, 3.05) is 0 Å². The number of halogens is 1. The molecule has 0 aliphatic carbocycles. The second-order valence-electron chi connectivity index (χ2n) is 4.38. The molecular formula is C16H20ClNO. The Balaban J connectivity index is 0.00000180. The zero-order valence-corrected chi connectivity index (χ0v) is 11.9. The van der Waals surface area contributed by atoms with Crippen LogP contribution < -0.4 is 10.5 Å². The van der Waals surface area contributed by atoms with Crippen LogP contribution >= 0.6 is 12.4 Å². The fourth-order valence-corrected chi connectivity index (χ4v) is 1.89. The quantitative estimate of drug-likeness (QED) is 0.860. The summed E-state index contributed by atoms with van der Waals surface area (Å²) in [5, 5.41) is 0. The molecule has 19 heavy (non-hydrogen) atoms. The van der Waals surface area contributed by atoms with E-state index in [9.17, 15) is 0 Å². The minimum atomic E-state index is 0. The third-order valence-electron chi connectivity index (χ3n) is 2.89. The number of nitrogens with two attached hydrogens (primary N) is 1. The molecule has 102 valence electrons. The Morgan fingerprint density at radius 1 is 0.947 bits per heavy atom. The van der Waals surface area contributed by atoms with Gasteiger partial charge in [0.25, 0.3) is 0 Å². The molecule has 2 aromatic carbocycles. The van der Waals surface area contributed by atoms with Crippen LogP contribution in [-0.4, -0.2) is 0 Å². The molecule has 2 rings (SSSR count). The van der Waals surface area contributed by atoms with E-state index in [1.54, 1.807) is 0 Å². The van der Waals surface area contributed by atoms with E-state index >= 15 is 0 Å². The smallest absolute Gasteiger partial charge is 0.127 e. The van der Waals surface area contributed by atoms with Crippen molar-refractivity contribution in [3.05, 3.63) is 60.2 Å². The molecule has 2 aromatic rings. The molecule has 2 nitrogen and oxygen atoms in total. The van der Waals surface area contributed by atoms with Gasteiger partial charge >= 0.3 is 0 Å². The lowest BCUT2D eigenvalue weighted by Crippen LogP contribution is -2.09. The van der Waals surface area contributed by atoms with Crippen molar-refractivity contribution in [1.29, 1.82) is 0 Å². The van der Waals surface area contributed by atoms with Crippen LogP contribution in [0, 0.1) is 0 Å². The Labute approximate surface area is 121 Å². The number of hydrogen-bond acceptors (Lipinski definition) is 2. The van der Waals surface area contributed by atoms with Crippen molar-refractivity contribution in [1.82, 2.24) is 0 Å². The van der Waals surface area contributed by atoms with Crippen molar-refractivity contribution in [3.63, 3.8) is 0 Å². The molecular weight excluding hydrogens is 258 g/mol. The van der Waals surface area contributed by atoms with Gasteiger partial charge in [0.1, 0.15) is 11.5 Å². The molecule has 0 radical (unpaired) electrons. The van der Waals surface area contributed by atoms with Crippen molar-refractivity contribution in [2.24, 2.45) is 5.73 Å². The highest BCUT2D eigenvalue weighted by Crippen LogP contribution is 2.23. The minimum absolute atomic E-state index is 0. The number of rotatable bonds is 5. The predicted octanol–water partition coefficient (Wildman–Crippen LogP) is 4.70.